The molecule has 0 saturated carbocycles. The van der Waals surface area contributed by atoms with Crippen molar-refractivity contribution >= 4 is 22.6 Å². The molecular formula is C23H24N4O3. The highest BCUT2D eigenvalue weighted by Crippen LogP contribution is 2.16. The fraction of sp³-hybridized carbons (Fsp3) is 0.261. The Morgan fingerprint density at radius 2 is 1.40 bits per heavy atom. The maximum Gasteiger partial charge on any atom is 0.317 e. The van der Waals surface area contributed by atoms with Gasteiger partial charge < -0.3 is 9.80 Å². The SMILES string of the molecule is C=CCn1c(=O)c(=O)n(CC(=O)N2CCN(c3ccccc3)CC2)c2ccccc21. The van der Waals surface area contributed by atoms with Gasteiger partial charge in [0, 0.05) is 38.4 Å². The van der Waals surface area contributed by atoms with E-state index in [1.54, 1.807) is 35.2 Å². The van der Waals surface area contributed by atoms with E-state index in [9.17, 15) is 14.4 Å². The molecule has 30 heavy (non-hydrogen) atoms. The second kappa shape index (κ2) is 8.41. The van der Waals surface area contributed by atoms with E-state index < -0.39 is 11.1 Å². The van der Waals surface area contributed by atoms with Crippen molar-refractivity contribution in [1.82, 2.24) is 14.0 Å². The molecule has 1 aliphatic heterocycles. The number of para-hydroxylation sites is 3. The third-order valence-corrected chi connectivity index (χ3v) is 5.50. The van der Waals surface area contributed by atoms with Gasteiger partial charge in [0.05, 0.1) is 11.0 Å². The maximum atomic E-state index is 13.0. The zero-order valence-electron chi connectivity index (χ0n) is 16.7. The van der Waals surface area contributed by atoms with Crippen LogP contribution in [-0.4, -0.2) is 46.1 Å². The van der Waals surface area contributed by atoms with E-state index in [4.69, 9.17) is 0 Å². The lowest BCUT2D eigenvalue weighted by atomic mass is 10.2. The molecule has 0 N–H and O–H groups in total. The standard InChI is InChI=1S/C23H24N4O3/c1-2-12-26-19-10-6-7-11-20(19)27(23(30)22(26)29)17-21(28)25-15-13-24(14-16-25)18-8-4-3-5-9-18/h2-11H,1,12-17H2. The van der Waals surface area contributed by atoms with Gasteiger partial charge >= 0.3 is 11.1 Å². The van der Waals surface area contributed by atoms with E-state index in [1.807, 2.05) is 18.2 Å². The Kier molecular flexibility index (Phi) is 5.52. The van der Waals surface area contributed by atoms with Crippen LogP contribution in [0, 0.1) is 0 Å². The molecule has 154 valence electrons. The summed E-state index contributed by atoms with van der Waals surface area (Å²) in [5, 5.41) is 0. The molecule has 3 aromatic rings. The van der Waals surface area contributed by atoms with Gasteiger partial charge in [-0.2, -0.15) is 0 Å². The Morgan fingerprint density at radius 3 is 2.03 bits per heavy atom. The van der Waals surface area contributed by atoms with Crippen LogP contribution in [0.4, 0.5) is 5.69 Å². The first kappa shape index (κ1) is 19.7. The minimum Gasteiger partial charge on any atom is -0.368 e. The number of benzene rings is 2. The van der Waals surface area contributed by atoms with Crippen LogP contribution in [0.3, 0.4) is 0 Å². The monoisotopic (exact) mass is 404 g/mol. The van der Waals surface area contributed by atoms with Crippen LogP contribution in [0.15, 0.2) is 76.8 Å². The van der Waals surface area contributed by atoms with Crippen molar-refractivity contribution in [2.75, 3.05) is 31.1 Å². The Hall–Kier alpha value is -3.61. The molecule has 0 aliphatic carbocycles. The second-order valence-electron chi connectivity index (χ2n) is 7.29. The minimum absolute atomic E-state index is 0.144. The number of amides is 1. The van der Waals surface area contributed by atoms with Gasteiger partial charge in [-0.05, 0) is 24.3 Å². The van der Waals surface area contributed by atoms with Crippen molar-refractivity contribution in [3.63, 3.8) is 0 Å². The van der Waals surface area contributed by atoms with E-state index in [2.05, 4.69) is 23.6 Å². The summed E-state index contributed by atoms with van der Waals surface area (Å²) in [5.41, 5.74) is 0.990. The van der Waals surface area contributed by atoms with Gasteiger partial charge in [-0.3, -0.25) is 23.5 Å². The molecule has 1 fully saturated rings. The number of rotatable bonds is 5. The van der Waals surface area contributed by atoms with Crippen LogP contribution in [0.5, 0.6) is 0 Å². The normalized spacial score (nSPS) is 14.1. The number of hydrogen-bond acceptors (Lipinski definition) is 4. The molecule has 0 radical (unpaired) electrons. The lowest BCUT2D eigenvalue weighted by Crippen LogP contribution is -2.51. The molecule has 0 bridgehead atoms. The molecule has 2 aromatic carbocycles. The van der Waals surface area contributed by atoms with Crippen LogP contribution in [0.1, 0.15) is 0 Å². The summed E-state index contributed by atoms with van der Waals surface area (Å²) in [4.78, 5) is 42.3. The largest absolute Gasteiger partial charge is 0.368 e. The van der Waals surface area contributed by atoms with Gasteiger partial charge in [0.2, 0.25) is 5.91 Å². The molecule has 0 spiro atoms. The summed E-state index contributed by atoms with van der Waals surface area (Å²) in [5.74, 6) is -0.157. The molecule has 2 heterocycles. The summed E-state index contributed by atoms with van der Waals surface area (Å²) < 4.78 is 2.69. The van der Waals surface area contributed by atoms with Gasteiger partial charge in [0.1, 0.15) is 6.54 Å². The molecule has 1 saturated heterocycles. The van der Waals surface area contributed by atoms with Crippen molar-refractivity contribution in [2.24, 2.45) is 0 Å². The zero-order valence-corrected chi connectivity index (χ0v) is 16.7. The van der Waals surface area contributed by atoms with E-state index in [0.29, 0.717) is 24.1 Å². The van der Waals surface area contributed by atoms with Gasteiger partial charge in [0.15, 0.2) is 0 Å². The van der Waals surface area contributed by atoms with E-state index >= 15 is 0 Å². The highest BCUT2D eigenvalue weighted by atomic mass is 16.2. The third-order valence-electron chi connectivity index (χ3n) is 5.50. The predicted octanol–water partition coefficient (Wildman–Crippen LogP) is 1.70. The number of carbonyl (C=O) groups is 1. The van der Waals surface area contributed by atoms with Gasteiger partial charge in [-0.1, -0.05) is 36.4 Å². The summed E-state index contributed by atoms with van der Waals surface area (Å²) in [6, 6.07) is 17.2. The van der Waals surface area contributed by atoms with Gasteiger partial charge in [-0.15, -0.1) is 6.58 Å². The number of allylic oxidation sites excluding steroid dienone is 1. The zero-order chi connectivity index (χ0) is 21.1. The van der Waals surface area contributed by atoms with Crippen LogP contribution in [-0.2, 0) is 17.9 Å². The topological polar surface area (TPSA) is 67.5 Å². The van der Waals surface area contributed by atoms with Gasteiger partial charge in [0.25, 0.3) is 0 Å². The number of aromatic nitrogens is 2. The summed E-state index contributed by atoms with van der Waals surface area (Å²) in [6.45, 7) is 6.37. The second-order valence-corrected chi connectivity index (χ2v) is 7.29. The smallest absolute Gasteiger partial charge is 0.317 e. The molecule has 0 unspecified atom stereocenters. The van der Waals surface area contributed by atoms with Crippen LogP contribution < -0.4 is 16.0 Å². The number of nitrogens with zero attached hydrogens (tertiary/aromatic N) is 4. The van der Waals surface area contributed by atoms with Crippen LogP contribution >= 0.6 is 0 Å². The lowest BCUT2D eigenvalue weighted by Gasteiger charge is -2.36. The Morgan fingerprint density at radius 1 is 0.833 bits per heavy atom. The number of carbonyl (C=O) groups excluding carboxylic acids is 1. The van der Waals surface area contributed by atoms with Crippen molar-refractivity contribution < 1.29 is 4.79 Å². The molecule has 7 nitrogen and oxygen atoms in total. The van der Waals surface area contributed by atoms with Crippen molar-refractivity contribution in [2.45, 2.75) is 13.1 Å². The lowest BCUT2D eigenvalue weighted by molar-refractivity contribution is -0.132. The summed E-state index contributed by atoms with van der Waals surface area (Å²) in [6.07, 6.45) is 1.58. The molecule has 0 atom stereocenters. The fourth-order valence-electron chi connectivity index (χ4n) is 3.93. The predicted molar refractivity (Wildman–Crippen MR) is 118 cm³/mol. The average molecular weight is 404 g/mol. The Balaban J connectivity index is 1.56. The van der Waals surface area contributed by atoms with Gasteiger partial charge in [-0.25, -0.2) is 0 Å². The molecule has 7 heteroatoms. The summed E-state index contributed by atoms with van der Waals surface area (Å²) in [7, 11) is 0. The number of piperazine rings is 1. The average Bonchev–Trinajstić information content (AvgIpc) is 2.80. The number of anilines is 1. The fourth-order valence-corrected chi connectivity index (χ4v) is 3.93. The van der Waals surface area contributed by atoms with Crippen LogP contribution in [0.2, 0.25) is 0 Å². The molecule has 1 aromatic heterocycles. The Bertz CT molecular complexity index is 1190. The van der Waals surface area contributed by atoms with Crippen molar-refractivity contribution in [1.29, 1.82) is 0 Å². The molecule has 4 rings (SSSR count). The van der Waals surface area contributed by atoms with Crippen LogP contribution in [0.25, 0.3) is 11.0 Å². The van der Waals surface area contributed by atoms with Crippen molar-refractivity contribution in [3.05, 3.63) is 88.0 Å². The number of hydrogen-bond donors (Lipinski definition) is 0. The molecule has 1 amide bonds. The Labute approximate surface area is 174 Å². The summed E-state index contributed by atoms with van der Waals surface area (Å²) >= 11 is 0. The first-order chi connectivity index (χ1) is 14.6. The van der Waals surface area contributed by atoms with E-state index in [1.165, 1.54) is 9.13 Å². The van der Waals surface area contributed by atoms with E-state index in [-0.39, 0.29) is 19.0 Å². The maximum absolute atomic E-state index is 13.0. The number of fused-ring (bicyclic) bond motifs is 1. The molecule has 1 aliphatic rings. The first-order valence-corrected chi connectivity index (χ1v) is 10.0. The first-order valence-electron chi connectivity index (χ1n) is 10.0. The minimum atomic E-state index is -0.688. The highest BCUT2D eigenvalue weighted by molar-refractivity contribution is 5.80. The van der Waals surface area contributed by atoms with Crippen molar-refractivity contribution in [3.8, 4) is 0 Å². The highest BCUT2D eigenvalue weighted by Gasteiger charge is 2.23. The third kappa shape index (κ3) is 3.66. The van der Waals surface area contributed by atoms with E-state index in [0.717, 1.165) is 18.8 Å². The molecular weight excluding hydrogens is 380 g/mol. The quantitative estimate of drug-likeness (QED) is 0.480.